The van der Waals surface area contributed by atoms with E-state index in [0.717, 1.165) is 6.42 Å². The van der Waals surface area contributed by atoms with Crippen LogP contribution in [0, 0.1) is 5.92 Å². The van der Waals surface area contributed by atoms with E-state index in [4.69, 9.17) is 5.11 Å². The summed E-state index contributed by atoms with van der Waals surface area (Å²) in [5.41, 5.74) is 0. The van der Waals surface area contributed by atoms with Crippen LogP contribution in [0.2, 0.25) is 0 Å². The summed E-state index contributed by atoms with van der Waals surface area (Å²) in [6.07, 6.45) is 6.40. The second kappa shape index (κ2) is 6.39. The monoisotopic (exact) mass is 185 g/mol. The summed E-state index contributed by atoms with van der Waals surface area (Å²) in [6.45, 7) is 6.42. The number of hydrogen-bond acceptors (Lipinski definition) is 2. The molecule has 1 aliphatic heterocycles. The number of likely N-dealkylation sites (tertiary alicyclic amines) is 1. The van der Waals surface area contributed by atoms with Crippen LogP contribution in [0.1, 0.15) is 39.0 Å². The lowest BCUT2D eigenvalue weighted by molar-refractivity contribution is 0.201. The van der Waals surface area contributed by atoms with Gasteiger partial charge >= 0.3 is 0 Å². The molecular weight excluding hydrogens is 162 g/mol. The highest BCUT2D eigenvalue weighted by molar-refractivity contribution is 4.65. The van der Waals surface area contributed by atoms with E-state index in [2.05, 4.69) is 11.8 Å². The number of piperidine rings is 1. The van der Waals surface area contributed by atoms with Gasteiger partial charge in [0.05, 0.1) is 0 Å². The van der Waals surface area contributed by atoms with Gasteiger partial charge in [0.15, 0.2) is 0 Å². The SMILES string of the molecule is CC(CCO)CCN1CCCCC1. The summed E-state index contributed by atoms with van der Waals surface area (Å²) in [5.74, 6) is 0.687. The predicted octanol–water partition coefficient (Wildman–Crippen LogP) is 1.88. The largest absolute Gasteiger partial charge is 0.396 e. The van der Waals surface area contributed by atoms with Gasteiger partial charge in [-0.15, -0.1) is 0 Å². The summed E-state index contributed by atoms with van der Waals surface area (Å²) >= 11 is 0. The van der Waals surface area contributed by atoms with Gasteiger partial charge in [0.25, 0.3) is 0 Å². The van der Waals surface area contributed by atoms with Gasteiger partial charge in [-0.2, -0.15) is 0 Å². The lowest BCUT2D eigenvalue weighted by Gasteiger charge is -2.27. The molecule has 1 aliphatic rings. The van der Waals surface area contributed by atoms with Gasteiger partial charge in [0.1, 0.15) is 0 Å². The molecule has 0 saturated carbocycles. The normalized spacial score (nSPS) is 21.7. The highest BCUT2D eigenvalue weighted by atomic mass is 16.3. The maximum atomic E-state index is 8.76. The van der Waals surface area contributed by atoms with Crippen LogP contribution in [0.15, 0.2) is 0 Å². The van der Waals surface area contributed by atoms with Crippen molar-refractivity contribution >= 4 is 0 Å². The van der Waals surface area contributed by atoms with Crippen molar-refractivity contribution in [3.8, 4) is 0 Å². The first-order valence-electron chi connectivity index (χ1n) is 5.66. The van der Waals surface area contributed by atoms with Crippen LogP contribution >= 0.6 is 0 Å². The van der Waals surface area contributed by atoms with Crippen LogP contribution in [-0.2, 0) is 0 Å². The van der Waals surface area contributed by atoms with E-state index in [0.29, 0.717) is 12.5 Å². The third-order valence-electron chi connectivity index (χ3n) is 3.01. The van der Waals surface area contributed by atoms with Crippen molar-refractivity contribution in [1.82, 2.24) is 4.90 Å². The van der Waals surface area contributed by atoms with Crippen LogP contribution in [0.5, 0.6) is 0 Å². The average Bonchev–Trinajstić information content (AvgIpc) is 2.17. The van der Waals surface area contributed by atoms with Crippen LogP contribution in [0.4, 0.5) is 0 Å². The van der Waals surface area contributed by atoms with Crippen molar-refractivity contribution in [1.29, 1.82) is 0 Å². The quantitative estimate of drug-likeness (QED) is 0.707. The molecule has 0 aliphatic carbocycles. The van der Waals surface area contributed by atoms with Gasteiger partial charge in [-0.3, -0.25) is 0 Å². The lowest BCUT2D eigenvalue weighted by Crippen LogP contribution is -2.31. The van der Waals surface area contributed by atoms with E-state index >= 15 is 0 Å². The Labute approximate surface area is 81.9 Å². The number of rotatable bonds is 5. The molecular formula is C11H23NO. The van der Waals surface area contributed by atoms with E-state index < -0.39 is 0 Å². The highest BCUT2D eigenvalue weighted by Crippen LogP contribution is 2.12. The third-order valence-corrected chi connectivity index (χ3v) is 3.01. The summed E-state index contributed by atoms with van der Waals surface area (Å²) in [7, 11) is 0. The van der Waals surface area contributed by atoms with Gasteiger partial charge in [0.2, 0.25) is 0 Å². The Kier molecular flexibility index (Phi) is 5.40. The Hall–Kier alpha value is -0.0800. The molecule has 0 aromatic carbocycles. The fourth-order valence-electron chi connectivity index (χ4n) is 1.95. The third kappa shape index (κ3) is 4.63. The summed E-state index contributed by atoms with van der Waals surface area (Å²) in [5, 5.41) is 8.76. The topological polar surface area (TPSA) is 23.5 Å². The molecule has 0 radical (unpaired) electrons. The van der Waals surface area contributed by atoms with Gasteiger partial charge < -0.3 is 10.0 Å². The van der Waals surface area contributed by atoms with Crippen LogP contribution in [0.3, 0.4) is 0 Å². The van der Waals surface area contributed by atoms with Crippen molar-refractivity contribution in [2.24, 2.45) is 5.92 Å². The maximum absolute atomic E-state index is 8.76. The molecule has 0 amide bonds. The minimum Gasteiger partial charge on any atom is -0.396 e. The molecule has 0 spiro atoms. The Bertz CT molecular complexity index is 121. The van der Waals surface area contributed by atoms with Crippen molar-refractivity contribution in [3.05, 3.63) is 0 Å². The first-order chi connectivity index (χ1) is 6.33. The van der Waals surface area contributed by atoms with Gasteiger partial charge in [-0.1, -0.05) is 13.3 Å². The Morgan fingerprint density at radius 3 is 2.46 bits per heavy atom. The fourth-order valence-corrected chi connectivity index (χ4v) is 1.95. The molecule has 0 bridgehead atoms. The van der Waals surface area contributed by atoms with Gasteiger partial charge in [-0.05, 0) is 51.2 Å². The molecule has 1 saturated heterocycles. The zero-order chi connectivity index (χ0) is 9.52. The molecule has 78 valence electrons. The fraction of sp³-hybridized carbons (Fsp3) is 1.00. The highest BCUT2D eigenvalue weighted by Gasteiger charge is 2.10. The van der Waals surface area contributed by atoms with Crippen LogP contribution in [-0.4, -0.2) is 36.2 Å². The molecule has 0 aromatic rings. The van der Waals surface area contributed by atoms with Crippen molar-refractivity contribution in [2.45, 2.75) is 39.0 Å². The second-order valence-corrected chi connectivity index (χ2v) is 4.31. The summed E-state index contributed by atoms with van der Waals surface area (Å²) in [4.78, 5) is 2.57. The minimum atomic E-state index is 0.348. The number of aliphatic hydroxyl groups excluding tert-OH is 1. The van der Waals surface area contributed by atoms with Crippen LogP contribution < -0.4 is 0 Å². The van der Waals surface area contributed by atoms with E-state index in [1.165, 1.54) is 45.3 Å². The zero-order valence-electron chi connectivity index (χ0n) is 8.84. The second-order valence-electron chi connectivity index (χ2n) is 4.31. The molecule has 2 heteroatoms. The molecule has 0 aromatic heterocycles. The lowest BCUT2D eigenvalue weighted by atomic mass is 10.0. The predicted molar refractivity (Wildman–Crippen MR) is 55.8 cm³/mol. The van der Waals surface area contributed by atoms with Crippen molar-refractivity contribution < 1.29 is 5.11 Å². The molecule has 13 heavy (non-hydrogen) atoms. The Morgan fingerprint density at radius 2 is 1.85 bits per heavy atom. The minimum absolute atomic E-state index is 0.348. The molecule has 1 atom stereocenters. The van der Waals surface area contributed by atoms with Gasteiger partial charge in [-0.25, -0.2) is 0 Å². The van der Waals surface area contributed by atoms with Crippen LogP contribution in [0.25, 0.3) is 0 Å². The molecule has 1 unspecified atom stereocenters. The standard InChI is InChI=1S/C11H23NO/c1-11(6-10-13)5-9-12-7-3-2-4-8-12/h11,13H,2-10H2,1H3. The summed E-state index contributed by atoms with van der Waals surface area (Å²) < 4.78 is 0. The Balaban J connectivity index is 2.03. The van der Waals surface area contributed by atoms with Crippen molar-refractivity contribution in [2.75, 3.05) is 26.2 Å². The van der Waals surface area contributed by atoms with E-state index in [1.54, 1.807) is 0 Å². The van der Waals surface area contributed by atoms with E-state index in [-0.39, 0.29) is 0 Å². The average molecular weight is 185 g/mol. The maximum Gasteiger partial charge on any atom is 0.0433 e. The number of aliphatic hydroxyl groups is 1. The van der Waals surface area contributed by atoms with Crippen molar-refractivity contribution in [3.63, 3.8) is 0 Å². The van der Waals surface area contributed by atoms with E-state index in [9.17, 15) is 0 Å². The molecule has 1 heterocycles. The smallest absolute Gasteiger partial charge is 0.0433 e. The number of hydrogen-bond donors (Lipinski definition) is 1. The van der Waals surface area contributed by atoms with Gasteiger partial charge in [0, 0.05) is 6.61 Å². The first kappa shape index (κ1) is 11.0. The summed E-state index contributed by atoms with van der Waals surface area (Å²) in [6, 6.07) is 0. The molecule has 1 fully saturated rings. The molecule has 1 N–H and O–H groups in total. The first-order valence-corrected chi connectivity index (χ1v) is 5.66. The zero-order valence-corrected chi connectivity index (χ0v) is 8.84. The number of nitrogens with zero attached hydrogens (tertiary/aromatic N) is 1. The molecule has 2 nitrogen and oxygen atoms in total. The Morgan fingerprint density at radius 1 is 1.15 bits per heavy atom. The van der Waals surface area contributed by atoms with E-state index in [1.807, 2.05) is 0 Å². The molecule has 1 rings (SSSR count).